The topological polar surface area (TPSA) is 68.0 Å². The minimum Gasteiger partial charge on any atom is -0.351 e. The zero-order valence-electron chi connectivity index (χ0n) is 15.3. The molecule has 1 fully saturated rings. The predicted octanol–water partition coefficient (Wildman–Crippen LogP) is 3.89. The number of fused-ring (bicyclic) bond motifs is 2. The molecule has 1 saturated carbocycles. The van der Waals surface area contributed by atoms with E-state index in [1.807, 2.05) is 24.5 Å². The molecular weight excluding hydrogens is 362 g/mol. The van der Waals surface area contributed by atoms with E-state index < -0.39 is 5.92 Å². The number of allylic oxidation sites excluding steroid dienone is 1. The van der Waals surface area contributed by atoms with Gasteiger partial charge in [-0.15, -0.1) is 0 Å². The molecular formula is C20H20F2N6. The van der Waals surface area contributed by atoms with E-state index in [-0.39, 0.29) is 18.9 Å². The van der Waals surface area contributed by atoms with E-state index in [4.69, 9.17) is 0 Å². The van der Waals surface area contributed by atoms with Gasteiger partial charge in [0.25, 0.3) is 0 Å². The van der Waals surface area contributed by atoms with Crippen molar-refractivity contribution in [2.24, 2.45) is 0 Å². The largest absolute Gasteiger partial charge is 0.351 e. The first kappa shape index (κ1) is 17.2. The zero-order valence-corrected chi connectivity index (χ0v) is 15.3. The lowest BCUT2D eigenvalue weighted by Gasteiger charge is -2.29. The first-order valence-electron chi connectivity index (χ1n) is 9.59. The molecule has 0 unspecified atom stereocenters. The van der Waals surface area contributed by atoms with Gasteiger partial charge in [-0.3, -0.25) is 0 Å². The lowest BCUT2D eigenvalue weighted by molar-refractivity contribution is -0.0361. The number of anilines is 1. The summed E-state index contributed by atoms with van der Waals surface area (Å²) in [5, 5.41) is 7.42. The summed E-state index contributed by atoms with van der Waals surface area (Å²) in [6.07, 6.45) is 10.0. The Bertz CT molecular complexity index is 1050. The van der Waals surface area contributed by atoms with Gasteiger partial charge in [0.2, 0.25) is 11.9 Å². The number of nitrogens with zero attached hydrogens (tertiary/aromatic N) is 5. The summed E-state index contributed by atoms with van der Waals surface area (Å²) in [5.41, 5.74) is 4.62. The lowest BCUT2D eigenvalue weighted by Crippen LogP contribution is -2.32. The lowest BCUT2D eigenvalue weighted by atomic mass is 9.92. The van der Waals surface area contributed by atoms with E-state index in [1.54, 1.807) is 10.7 Å². The number of halogens is 2. The van der Waals surface area contributed by atoms with Gasteiger partial charge in [-0.1, -0.05) is 6.08 Å². The van der Waals surface area contributed by atoms with Crippen LogP contribution in [-0.2, 0) is 6.42 Å². The standard InChI is InChI=1S/C20H20F2N6/c21-20(22)8-4-13(5-9-20)25-19-23-12-15-14(2-1-3-16(15)27-19)17-7-11-28-18(26-17)6-10-24-28/h2,6-7,10-13H,1,3-5,8-9H2,(H,23,25,27). The molecule has 0 aliphatic heterocycles. The van der Waals surface area contributed by atoms with Crippen LogP contribution >= 0.6 is 0 Å². The fourth-order valence-corrected chi connectivity index (χ4v) is 3.94. The molecule has 6 nitrogen and oxygen atoms in total. The molecule has 0 atom stereocenters. The molecule has 3 heterocycles. The summed E-state index contributed by atoms with van der Waals surface area (Å²) in [5.74, 6) is -2.01. The average Bonchev–Trinajstić information content (AvgIpc) is 3.17. The Balaban J connectivity index is 1.38. The number of aryl methyl sites for hydroxylation is 1. The number of nitrogens with one attached hydrogen (secondary N) is 1. The van der Waals surface area contributed by atoms with Crippen LogP contribution in [0.2, 0.25) is 0 Å². The van der Waals surface area contributed by atoms with Gasteiger partial charge >= 0.3 is 0 Å². The molecule has 28 heavy (non-hydrogen) atoms. The third-order valence-corrected chi connectivity index (χ3v) is 5.47. The molecule has 8 heteroatoms. The Hall–Kier alpha value is -2.90. The van der Waals surface area contributed by atoms with Crippen molar-refractivity contribution in [1.82, 2.24) is 24.6 Å². The Morgan fingerprint density at radius 2 is 2.00 bits per heavy atom. The highest BCUT2D eigenvalue weighted by Gasteiger charge is 2.35. The van der Waals surface area contributed by atoms with Crippen LogP contribution < -0.4 is 5.32 Å². The molecule has 2 aliphatic rings. The maximum absolute atomic E-state index is 13.3. The van der Waals surface area contributed by atoms with Gasteiger partial charge in [0, 0.05) is 48.5 Å². The molecule has 0 saturated heterocycles. The van der Waals surface area contributed by atoms with Crippen molar-refractivity contribution in [3.63, 3.8) is 0 Å². The average molecular weight is 382 g/mol. The Morgan fingerprint density at radius 3 is 2.86 bits per heavy atom. The van der Waals surface area contributed by atoms with Gasteiger partial charge in [0.15, 0.2) is 5.65 Å². The molecule has 2 aliphatic carbocycles. The van der Waals surface area contributed by atoms with Crippen LogP contribution in [-0.4, -0.2) is 36.5 Å². The Morgan fingerprint density at radius 1 is 1.14 bits per heavy atom. The maximum atomic E-state index is 13.3. The second-order valence-electron chi connectivity index (χ2n) is 7.43. The maximum Gasteiger partial charge on any atom is 0.248 e. The third kappa shape index (κ3) is 3.23. The van der Waals surface area contributed by atoms with E-state index in [0.29, 0.717) is 18.8 Å². The minimum atomic E-state index is -2.53. The normalized spacial score (nSPS) is 19.3. The molecule has 0 bridgehead atoms. The first-order valence-corrected chi connectivity index (χ1v) is 9.59. The van der Waals surface area contributed by atoms with Crippen molar-refractivity contribution in [2.45, 2.75) is 50.5 Å². The van der Waals surface area contributed by atoms with Crippen LogP contribution in [0.1, 0.15) is 49.1 Å². The molecule has 0 spiro atoms. The highest BCUT2D eigenvalue weighted by Crippen LogP contribution is 2.34. The van der Waals surface area contributed by atoms with Gasteiger partial charge in [0.05, 0.1) is 17.6 Å². The van der Waals surface area contributed by atoms with Crippen molar-refractivity contribution in [2.75, 3.05) is 5.32 Å². The second kappa shape index (κ2) is 6.61. The highest BCUT2D eigenvalue weighted by molar-refractivity contribution is 5.80. The van der Waals surface area contributed by atoms with Crippen molar-refractivity contribution >= 4 is 17.2 Å². The zero-order chi connectivity index (χ0) is 19.1. The number of rotatable bonds is 3. The molecule has 3 aromatic rings. The Kier molecular flexibility index (Phi) is 4.07. The number of aromatic nitrogens is 5. The predicted molar refractivity (Wildman–Crippen MR) is 101 cm³/mol. The summed E-state index contributed by atoms with van der Waals surface area (Å²) < 4.78 is 28.4. The van der Waals surface area contributed by atoms with E-state index in [2.05, 4.69) is 31.4 Å². The summed E-state index contributed by atoms with van der Waals surface area (Å²) in [6.45, 7) is 0. The van der Waals surface area contributed by atoms with Crippen molar-refractivity contribution in [3.8, 4) is 0 Å². The van der Waals surface area contributed by atoms with Crippen LogP contribution in [0.3, 0.4) is 0 Å². The molecule has 0 radical (unpaired) electrons. The highest BCUT2D eigenvalue weighted by atomic mass is 19.3. The van der Waals surface area contributed by atoms with Crippen LogP contribution in [0.15, 0.2) is 36.8 Å². The first-order chi connectivity index (χ1) is 13.6. The molecule has 144 valence electrons. The molecule has 3 aromatic heterocycles. The van der Waals surface area contributed by atoms with E-state index in [0.717, 1.165) is 41.0 Å². The van der Waals surface area contributed by atoms with Crippen LogP contribution in [0.5, 0.6) is 0 Å². The van der Waals surface area contributed by atoms with Crippen LogP contribution in [0, 0.1) is 0 Å². The molecule has 0 amide bonds. The van der Waals surface area contributed by atoms with E-state index in [9.17, 15) is 8.78 Å². The fourth-order valence-electron chi connectivity index (χ4n) is 3.94. The monoisotopic (exact) mass is 382 g/mol. The van der Waals surface area contributed by atoms with Gasteiger partial charge in [-0.25, -0.2) is 28.2 Å². The minimum absolute atomic E-state index is 0.00205. The van der Waals surface area contributed by atoms with Crippen molar-refractivity contribution in [1.29, 1.82) is 0 Å². The molecule has 1 N–H and O–H groups in total. The summed E-state index contributed by atoms with van der Waals surface area (Å²) in [4.78, 5) is 13.8. The van der Waals surface area contributed by atoms with E-state index >= 15 is 0 Å². The van der Waals surface area contributed by atoms with Crippen molar-refractivity contribution < 1.29 is 8.78 Å². The van der Waals surface area contributed by atoms with Gasteiger partial charge in [-0.05, 0) is 31.7 Å². The number of hydrogen-bond donors (Lipinski definition) is 1. The fraction of sp³-hybridized carbons (Fsp3) is 0.400. The summed E-state index contributed by atoms with van der Waals surface area (Å²) >= 11 is 0. The molecule has 5 rings (SSSR count). The second-order valence-corrected chi connectivity index (χ2v) is 7.43. The number of hydrogen-bond acceptors (Lipinski definition) is 5. The van der Waals surface area contributed by atoms with Gasteiger partial charge in [-0.2, -0.15) is 5.10 Å². The SMILES string of the molecule is FC1(F)CCC(Nc2ncc3c(n2)CCC=C3c2ccn3nccc3n2)CC1. The Labute approximate surface area is 160 Å². The number of alkyl halides is 2. The van der Waals surface area contributed by atoms with E-state index in [1.165, 1.54) is 0 Å². The molecule has 0 aromatic carbocycles. The van der Waals surface area contributed by atoms with Gasteiger partial charge < -0.3 is 5.32 Å². The third-order valence-electron chi connectivity index (χ3n) is 5.47. The van der Waals surface area contributed by atoms with Crippen LogP contribution in [0.25, 0.3) is 11.2 Å². The van der Waals surface area contributed by atoms with Gasteiger partial charge in [0.1, 0.15) is 0 Å². The van der Waals surface area contributed by atoms with Crippen molar-refractivity contribution in [3.05, 3.63) is 53.8 Å². The summed E-state index contributed by atoms with van der Waals surface area (Å²) in [7, 11) is 0. The quantitative estimate of drug-likeness (QED) is 0.744. The summed E-state index contributed by atoms with van der Waals surface area (Å²) in [6, 6.07) is 3.81. The smallest absolute Gasteiger partial charge is 0.248 e. The van der Waals surface area contributed by atoms with Crippen LogP contribution in [0.4, 0.5) is 14.7 Å².